The summed E-state index contributed by atoms with van der Waals surface area (Å²) in [6.45, 7) is 0. The number of hydrogen-bond donors (Lipinski definition) is 0. The van der Waals surface area contributed by atoms with Gasteiger partial charge in [0, 0.05) is 10.8 Å². The highest BCUT2D eigenvalue weighted by atomic mass is 15.1. The van der Waals surface area contributed by atoms with E-state index in [-0.39, 0.29) is 0 Å². The molecule has 238 valence electrons. The second-order valence-electron chi connectivity index (χ2n) is 13.0. The largest absolute Gasteiger partial charge is 0.292 e. The summed E-state index contributed by atoms with van der Waals surface area (Å²) in [5.41, 5.74) is 15.1. The van der Waals surface area contributed by atoms with Gasteiger partial charge in [-0.3, -0.25) is 4.57 Å². The maximum atomic E-state index is 5.29. The molecule has 0 atom stereocenters. The maximum absolute atomic E-state index is 5.29. The predicted molar refractivity (Wildman–Crippen MR) is 213 cm³/mol. The second kappa shape index (κ2) is 11.9. The molecule has 2 aromatic heterocycles. The lowest BCUT2D eigenvalue weighted by molar-refractivity contribution is 1.15. The standard InChI is InChI=1S/C48H31N3/c1-4-14-32(15-5-1)36-28-37(33-16-6-2-7-17-33)30-38(29-36)35-26-27-46-42(31-35)47-48(50-44-24-11-10-23-43(44)49-47)51(46)45-25-13-21-40-39(20-12-22-41(40)45)34-18-8-3-9-19-34/h1-31H. The Kier molecular flexibility index (Phi) is 6.81. The Morgan fingerprint density at radius 3 is 1.55 bits per heavy atom. The molecule has 0 bridgehead atoms. The summed E-state index contributed by atoms with van der Waals surface area (Å²) in [4.78, 5) is 10.6. The molecule has 0 unspecified atom stereocenters. The van der Waals surface area contributed by atoms with E-state index in [2.05, 4.69) is 168 Å². The molecule has 2 heterocycles. The minimum atomic E-state index is 0.849. The fourth-order valence-electron chi connectivity index (χ4n) is 7.53. The van der Waals surface area contributed by atoms with E-state index in [0.29, 0.717) is 0 Å². The minimum absolute atomic E-state index is 0.849. The summed E-state index contributed by atoms with van der Waals surface area (Å²) in [5, 5.41) is 3.44. The monoisotopic (exact) mass is 649 g/mol. The van der Waals surface area contributed by atoms with Gasteiger partial charge in [0.05, 0.1) is 22.2 Å². The van der Waals surface area contributed by atoms with Crippen LogP contribution in [0.5, 0.6) is 0 Å². The first-order chi connectivity index (χ1) is 25.3. The molecule has 0 radical (unpaired) electrons. The molecule has 10 rings (SSSR count). The molecular formula is C48H31N3. The summed E-state index contributed by atoms with van der Waals surface area (Å²) in [6, 6.07) is 66.9. The predicted octanol–water partition coefficient (Wildman–Crippen LogP) is 12.5. The summed E-state index contributed by atoms with van der Waals surface area (Å²) in [5.74, 6) is 0. The molecule has 0 amide bonds. The molecule has 3 nitrogen and oxygen atoms in total. The molecule has 51 heavy (non-hydrogen) atoms. The number of nitrogens with zero attached hydrogens (tertiary/aromatic N) is 3. The van der Waals surface area contributed by atoms with E-state index in [9.17, 15) is 0 Å². The third kappa shape index (κ3) is 4.98. The van der Waals surface area contributed by atoms with Crippen LogP contribution in [0.4, 0.5) is 0 Å². The maximum Gasteiger partial charge on any atom is 0.165 e. The molecule has 0 saturated heterocycles. The zero-order chi connectivity index (χ0) is 33.7. The van der Waals surface area contributed by atoms with Crippen molar-refractivity contribution in [3.63, 3.8) is 0 Å². The van der Waals surface area contributed by atoms with Crippen LogP contribution in [-0.4, -0.2) is 14.5 Å². The van der Waals surface area contributed by atoms with Crippen molar-refractivity contribution in [2.45, 2.75) is 0 Å². The van der Waals surface area contributed by atoms with Crippen LogP contribution < -0.4 is 0 Å². The summed E-state index contributed by atoms with van der Waals surface area (Å²) >= 11 is 0. The van der Waals surface area contributed by atoms with Gasteiger partial charge in [-0.1, -0.05) is 140 Å². The Balaban J connectivity index is 1.24. The lowest BCUT2D eigenvalue weighted by atomic mass is 9.93. The van der Waals surface area contributed by atoms with E-state index in [1.807, 2.05) is 24.3 Å². The van der Waals surface area contributed by atoms with Gasteiger partial charge in [0.25, 0.3) is 0 Å². The average Bonchev–Trinajstić information content (AvgIpc) is 3.52. The third-order valence-corrected chi connectivity index (χ3v) is 9.96. The molecule has 0 aliphatic rings. The lowest BCUT2D eigenvalue weighted by Crippen LogP contribution is -1.98. The topological polar surface area (TPSA) is 30.7 Å². The Hall–Kier alpha value is -6.84. The fraction of sp³-hybridized carbons (Fsp3) is 0. The van der Waals surface area contributed by atoms with E-state index >= 15 is 0 Å². The van der Waals surface area contributed by atoms with E-state index < -0.39 is 0 Å². The van der Waals surface area contributed by atoms with Crippen LogP contribution in [0, 0.1) is 0 Å². The van der Waals surface area contributed by atoms with Crippen molar-refractivity contribution in [1.29, 1.82) is 0 Å². The second-order valence-corrected chi connectivity index (χ2v) is 13.0. The van der Waals surface area contributed by atoms with Crippen molar-refractivity contribution in [3.05, 3.63) is 188 Å². The van der Waals surface area contributed by atoms with Gasteiger partial charge in [-0.25, -0.2) is 9.97 Å². The summed E-state index contributed by atoms with van der Waals surface area (Å²) in [7, 11) is 0. The molecule has 0 N–H and O–H groups in total. The zero-order valence-electron chi connectivity index (χ0n) is 27.7. The molecule has 8 aromatic carbocycles. The van der Waals surface area contributed by atoms with Gasteiger partial charge < -0.3 is 0 Å². The number of fused-ring (bicyclic) bond motifs is 5. The highest BCUT2D eigenvalue weighted by Gasteiger charge is 2.19. The molecule has 0 spiro atoms. The van der Waals surface area contributed by atoms with Gasteiger partial charge >= 0.3 is 0 Å². The first-order valence-corrected chi connectivity index (χ1v) is 17.3. The first kappa shape index (κ1) is 29.1. The highest BCUT2D eigenvalue weighted by molar-refractivity contribution is 6.11. The molecule has 10 aromatic rings. The van der Waals surface area contributed by atoms with E-state index in [4.69, 9.17) is 9.97 Å². The summed E-state index contributed by atoms with van der Waals surface area (Å²) in [6.07, 6.45) is 0. The van der Waals surface area contributed by atoms with Crippen LogP contribution in [0.1, 0.15) is 0 Å². The van der Waals surface area contributed by atoms with Crippen LogP contribution in [0.2, 0.25) is 0 Å². The van der Waals surface area contributed by atoms with Gasteiger partial charge in [0.1, 0.15) is 5.52 Å². The van der Waals surface area contributed by atoms with Crippen LogP contribution in [0.3, 0.4) is 0 Å². The van der Waals surface area contributed by atoms with E-state index in [0.717, 1.165) is 49.9 Å². The van der Waals surface area contributed by atoms with Crippen LogP contribution >= 0.6 is 0 Å². The summed E-state index contributed by atoms with van der Waals surface area (Å²) < 4.78 is 2.31. The van der Waals surface area contributed by atoms with Crippen LogP contribution in [-0.2, 0) is 0 Å². The lowest BCUT2D eigenvalue weighted by Gasteiger charge is -2.14. The first-order valence-electron chi connectivity index (χ1n) is 17.3. The number of para-hydroxylation sites is 2. The van der Waals surface area contributed by atoms with E-state index in [1.54, 1.807) is 0 Å². The normalized spacial score (nSPS) is 11.5. The Morgan fingerprint density at radius 1 is 0.333 bits per heavy atom. The smallest absolute Gasteiger partial charge is 0.165 e. The Morgan fingerprint density at radius 2 is 0.882 bits per heavy atom. The molecular weight excluding hydrogens is 619 g/mol. The highest BCUT2D eigenvalue weighted by Crippen LogP contribution is 2.39. The Labute approximate surface area is 295 Å². The van der Waals surface area contributed by atoms with Crippen molar-refractivity contribution in [2.24, 2.45) is 0 Å². The zero-order valence-corrected chi connectivity index (χ0v) is 27.7. The van der Waals surface area contributed by atoms with Gasteiger partial charge in [-0.2, -0.15) is 0 Å². The number of hydrogen-bond acceptors (Lipinski definition) is 2. The minimum Gasteiger partial charge on any atom is -0.292 e. The molecule has 3 heteroatoms. The number of benzene rings is 8. The third-order valence-electron chi connectivity index (χ3n) is 9.96. The average molecular weight is 650 g/mol. The molecule has 0 aliphatic heterocycles. The number of aromatic nitrogens is 3. The van der Waals surface area contributed by atoms with Crippen LogP contribution in [0.15, 0.2) is 188 Å². The van der Waals surface area contributed by atoms with Gasteiger partial charge in [0.15, 0.2) is 5.65 Å². The van der Waals surface area contributed by atoms with E-state index in [1.165, 1.54) is 44.2 Å². The van der Waals surface area contributed by atoms with Crippen molar-refractivity contribution in [3.8, 4) is 50.2 Å². The molecule has 0 saturated carbocycles. The molecule has 0 fully saturated rings. The van der Waals surface area contributed by atoms with Crippen LogP contribution in [0.25, 0.3) is 94.1 Å². The van der Waals surface area contributed by atoms with Gasteiger partial charge in [-0.15, -0.1) is 0 Å². The Bertz CT molecular complexity index is 2830. The van der Waals surface area contributed by atoms with Crippen molar-refractivity contribution in [1.82, 2.24) is 14.5 Å². The number of rotatable bonds is 5. The SMILES string of the molecule is c1ccc(-c2cc(-c3ccccc3)cc(-c3ccc4c(c3)c3nc5ccccc5nc3n4-c3cccc4c(-c5ccccc5)cccc34)c2)cc1. The van der Waals surface area contributed by atoms with Gasteiger partial charge in [-0.05, 0) is 98.4 Å². The van der Waals surface area contributed by atoms with Crippen molar-refractivity contribution >= 4 is 43.9 Å². The fourth-order valence-corrected chi connectivity index (χ4v) is 7.53. The van der Waals surface area contributed by atoms with Gasteiger partial charge in [0.2, 0.25) is 0 Å². The van der Waals surface area contributed by atoms with Crippen molar-refractivity contribution in [2.75, 3.05) is 0 Å². The quantitative estimate of drug-likeness (QED) is 0.186. The molecule has 0 aliphatic carbocycles. The van der Waals surface area contributed by atoms with Crippen molar-refractivity contribution < 1.29 is 0 Å².